The number of nitrogens with zero attached hydrogens (tertiary/aromatic N) is 5. The van der Waals surface area contributed by atoms with Gasteiger partial charge in [0.1, 0.15) is 6.61 Å². The first kappa shape index (κ1) is 18.3. The smallest absolute Gasteiger partial charge is 0.358 e. The van der Waals surface area contributed by atoms with Crippen molar-refractivity contribution in [1.82, 2.24) is 24.0 Å². The zero-order valence-electron chi connectivity index (χ0n) is 14.3. The van der Waals surface area contributed by atoms with Gasteiger partial charge in [-0.05, 0) is 36.4 Å². The van der Waals surface area contributed by atoms with E-state index in [9.17, 15) is 9.59 Å². The monoisotopic (exact) mass is 417 g/mol. The molecule has 8 nitrogen and oxygen atoms in total. The number of hydrogen-bond acceptors (Lipinski definition) is 5. The average Bonchev–Trinajstić information content (AvgIpc) is 3.30. The van der Waals surface area contributed by atoms with Crippen molar-refractivity contribution in [2.45, 2.75) is 6.54 Å². The summed E-state index contributed by atoms with van der Waals surface area (Å²) in [7, 11) is 0. The fourth-order valence-electron chi connectivity index (χ4n) is 2.62. The Labute approximate surface area is 168 Å². The summed E-state index contributed by atoms with van der Waals surface area (Å²) in [4.78, 5) is 24.4. The van der Waals surface area contributed by atoms with Crippen LogP contribution in [-0.4, -0.2) is 36.5 Å². The quantitative estimate of drug-likeness (QED) is 0.466. The average molecular weight is 418 g/mol. The third-order valence-electron chi connectivity index (χ3n) is 3.99. The summed E-state index contributed by atoms with van der Waals surface area (Å²) >= 11 is 11.9. The Morgan fingerprint density at radius 1 is 1.04 bits per heavy atom. The fourth-order valence-corrected chi connectivity index (χ4v) is 2.91. The molecule has 142 valence electrons. The second-order valence-corrected chi connectivity index (χ2v) is 6.63. The maximum Gasteiger partial charge on any atom is 0.358 e. The second-order valence-electron chi connectivity index (χ2n) is 5.81. The Bertz CT molecular complexity index is 1230. The number of halogens is 2. The van der Waals surface area contributed by atoms with E-state index in [-0.39, 0.29) is 24.5 Å². The predicted molar refractivity (Wildman–Crippen MR) is 103 cm³/mol. The highest BCUT2D eigenvalue weighted by Crippen LogP contribution is 2.24. The number of fused-ring (bicyclic) bond motifs is 1. The van der Waals surface area contributed by atoms with Gasteiger partial charge in [-0.2, -0.15) is 5.10 Å². The van der Waals surface area contributed by atoms with E-state index in [1.54, 1.807) is 48.8 Å². The van der Waals surface area contributed by atoms with Crippen LogP contribution < -0.4 is 5.69 Å². The molecule has 0 aliphatic rings. The molecular weight excluding hydrogens is 405 g/mol. The maximum absolute atomic E-state index is 12.2. The van der Waals surface area contributed by atoms with Gasteiger partial charge in [0.2, 0.25) is 0 Å². The molecule has 0 bridgehead atoms. The lowest BCUT2D eigenvalue weighted by atomic mass is 10.3. The SMILES string of the molecule is O=C(OCCn1nc2ccccn2c1=O)c1ccn(-c2ccc(Cl)c(Cl)c2)n1. The molecule has 0 radical (unpaired) electrons. The molecule has 3 aromatic heterocycles. The molecule has 0 saturated heterocycles. The molecule has 0 fully saturated rings. The van der Waals surface area contributed by atoms with Crippen LogP contribution >= 0.6 is 23.2 Å². The molecule has 0 atom stereocenters. The van der Waals surface area contributed by atoms with Crippen LogP contribution in [-0.2, 0) is 11.3 Å². The minimum absolute atomic E-state index is 0.0117. The summed E-state index contributed by atoms with van der Waals surface area (Å²) in [6, 6.07) is 11.8. The van der Waals surface area contributed by atoms with Gasteiger partial charge in [-0.25, -0.2) is 19.0 Å². The first-order valence-corrected chi connectivity index (χ1v) is 9.01. The molecule has 0 N–H and O–H groups in total. The van der Waals surface area contributed by atoms with E-state index >= 15 is 0 Å². The van der Waals surface area contributed by atoms with Crippen molar-refractivity contribution in [3.63, 3.8) is 0 Å². The standard InChI is InChI=1S/C18H13Cl2N5O3/c19-13-5-4-12(11-14(13)20)24-8-6-15(21-24)17(26)28-10-9-25-18(27)23-7-2-1-3-16(23)22-25/h1-8,11H,9-10H2. The molecule has 3 heterocycles. The number of ether oxygens (including phenoxy) is 1. The Morgan fingerprint density at radius 3 is 2.68 bits per heavy atom. The Balaban J connectivity index is 1.41. The van der Waals surface area contributed by atoms with Gasteiger partial charge in [0.05, 0.1) is 22.3 Å². The van der Waals surface area contributed by atoms with Crippen LogP contribution in [0.15, 0.2) is 59.7 Å². The molecule has 28 heavy (non-hydrogen) atoms. The molecule has 4 aromatic rings. The lowest BCUT2D eigenvalue weighted by Crippen LogP contribution is -2.24. The van der Waals surface area contributed by atoms with Gasteiger partial charge in [-0.15, -0.1) is 5.10 Å². The second kappa shape index (κ2) is 7.49. The topological polar surface area (TPSA) is 83.4 Å². The number of aromatic nitrogens is 5. The number of rotatable bonds is 5. The fraction of sp³-hybridized carbons (Fsp3) is 0.111. The van der Waals surface area contributed by atoms with Crippen molar-refractivity contribution in [2.24, 2.45) is 0 Å². The predicted octanol–water partition coefficient (Wildman–Crippen LogP) is 2.85. The molecule has 10 heteroatoms. The van der Waals surface area contributed by atoms with Gasteiger partial charge in [-0.1, -0.05) is 29.3 Å². The third-order valence-corrected chi connectivity index (χ3v) is 4.73. The van der Waals surface area contributed by atoms with Gasteiger partial charge >= 0.3 is 11.7 Å². The highest BCUT2D eigenvalue weighted by Gasteiger charge is 2.13. The van der Waals surface area contributed by atoms with Gasteiger partial charge in [0.25, 0.3) is 0 Å². The van der Waals surface area contributed by atoms with E-state index in [0.29, 0.717) is 21.4 Å². The van der Waals surface area contributed by atoms with E-state index in [1.807, 2.05) is 0 Å². The number of pyridine rings is 1. The van der Waals surface area contributed by atoms with Crippen LogP contribution in [0.5, 0.6) is 0 Å². The van der Waals surface area contributed by atoms with Crippen molar-refractivity contribution in [2.75, 3.05) is 6.61 Å². The van der Waals surface area contributed by atoms with Crippen LogP contribution in [0, 0.1) is 0 Å². The lowest BCUT2D eigenvalue weighted by Gasteiger charge is -2.04. The summed E-state index contributed by atoms with van der Waals surface area (Å²) < 4.78 is 9.36. The van der Waals surface area contributed by atoms with Crippen molar-refractivity contribution < 1.29 is 9.53 Å². The van der Waals surface area contributed by atoms with Gasteiger partial charge < -0.3 is 4.74 Å². The number of carbonyl (C=O) groups excluding carboxylic acids is 1. The van der Waals surface area contributed by atoms with Crippen molar-refractivity contribution in [1.29, 1.82) is 0 Å². The number of benzene rings is 1. The number of hydrogen-bond donors (Lipinski definition) is 0. The van der Waals surface area contributed by atoms with Crippen LogP contribution in [0.1, 0.15) is 10.5 Å². The van der Waals surface area contributed by atoms with E-state index in [0.717, 1.165) is 0 Å². The molecule has 0 amide bonds. The summed E-state index contributed by atoms with van der Waals surface area (Å²) in [5, 5.41) is 9.17. The largest absolute Gasteiger partial charge is 0.459 e. The first-order valence-electron chi connectivity index (χ1n) is 8.25. The lowest BCUT2D eigenvalue weighted by molar-refractivity contribution is 0.0479. The van der Waals surface area contributed by atoms with Gasteiger partial charge in [0.15, 0.2) is 11.3 Å². The van der Waals surface area contributed by atoms with Crippen molar-refractivity contribution >= 4 is 34.8 Å². The Hall–Kier alpha value is -3.10. The first-order chi connectivity index (χ1) is 13.5. The summed E-state index contributed by atoms with van der Waals surface area (Å²) in [5.74, 6) is -0.601. The van der Waals surface area contributed by atoms with Gasteiger partial charge in [0, 0.05) is 12.4 Å². The highest BCUT2D eigenvalue weighted by molar-refractivity contribution is 6.42. The summed E-state index contributed by atoms with van der Waals surface area (Å²) in [6.07, 6.45) is 3.24. The molecule has 0 aliphatic carbocycles. The van der Waals surface area contributed by atoms with Gasteiger partial charge in [-0.3, -0.25) is 4.40 Å². The molecule has 1 aromatic carbocycles. The van der Waals surface area contributed by atoms with E-state index in [2.05, 4.69) is 10.2 Å². The Morgan fingerprint density at radius 2 is 1.89 bits per heavy atom. The number of esters is 1. The van der Waals surface area contributed by atoms with Crippen molar-refractivity contribution in [3.05, 3.63) is 81.1 Å². The van der Waals surface area contributed by atoms with E-state index in [1.165, 1.54) is 19.8 Å². The minimum atomic E-state index is -0.601. The zero-order chi connectivity index (χ0) is 19.7. The molecule has 0 spiro atoms. The van der Waals surface area contributed by atoms with Crippen LogP contribution in [0.4, 0.5) is 0 Å². The molecule has 0 aliphatic heterocycles. The van der Waals surface area contributed by atoms with Crippen LogP contribution in [0.3, 0.4) is 0 Å². The highest BCUT2D eigenvalue weighted by atomic mass is 35.5. The third kappa shape index (κ3) is 3.51. The van der Waals surface area contributed by atoms with E-state index < -0.39 is 5.97 Å². The summed E-state index contributed by atoms with van der Waals surface area (Å²) in [5.41, 5.74) is 1.02. The van der Waals surface area contributed by atoms with Crippen molar-refractivity contribution in [3.8, 4) is 5.69 Å². The van der Waals surface area contributed by atoms with Crippen LogP contribution in [0.25, 0.3) is 11.3 Å². The van der Waals surface area contributed by atoms with Crippen LogP contribution in [0.2, 0.25) is 10.0 Å². The Kier molecular flexibility index (Phi) is 4.89. The molecule has 0 saturated carbocycles. The molecular formula is C18H13Cl2N5O3. The maximum atomic E-state index is 12.2. The zero-order valence-corrected chi connectivity index (χ0v) is 15.8. The van der Waals surface area contributed by atoms with E-state index in [4.69, 9.17) is 27.9 Å². The molecule has 0 unspecified atom stereocenters. The normalized spacial score (nSPS) is 11.1. The molecule has 4 rings (SSSR count). The number of carbonyl (C=O) groups is 1. The minimum Gasteiger partial charge on any atom is -0.459 e. The summed E-state index contributed by atoms with van der Waals surface area (Å²) in [6.45, 7) is 0.127.